The van der Waals surface area contributed by atoms with Gasteiger partial charge >= 0.3 is 0 Å². The number of anilines is 1. The van der Waals surface area contributed by atoms with Crippen LogP contribution in [-0.4, -0.2) is 72.9 Å². The minimum Gasteiger partial charge on any atom is -0.353 e. The van der Waals surface area contributed by atoms with E-state index in [1.807, 2.05) is 13.0 Å². The summed E-state index contributed by atoms with van der Waals surface area (Å²) in [5.41, 5.74) is 1.71. The molecular formula is C26H37F2N5O4S. The van der Waals surface area contributed by atoms with Crippen molar-refractivity contribution in [2.24, 2.45) is 5.92 Å². The van der Waals surface area contributed by atoms with Crippen LogP contribution in [0.15, 0.2) is 35.0 Å². The summed E-state index contributed by atoms with van der Waals surface area (Å²) in [5.74, 6) is -3.21. The monoisotopic (exact) mass is 553 g/mol. The van der Waals surface area contributed by atoms with Crippen molar-refractivity contribution in [3.8, 4) is 0 Å². The molecule has 1 aromatic carbocycles. The first-order valence-corrected chi connectivity index (χ1v) is 14.9. The van der Waals surface area contributed by atoms with Crippen LogP contribution in [0.2, 0.25) is 0 Å². The molecule has 1 saturated heterocycles. The Kier molecular flexibility index (Phi) is 9.02. The molecule has 0 unspecified atom stereocenters. The van der Waals surface area contributed by atoms with E-state index in [-0.39, 0.29) is 68.3 Å². The number of aryl methyl sites for hydroxylation is 1. The highest BCUT2D eigenvalue weighted by atomic mass is 32.2. The predicted octanol–water partition coefficient (Wildman–Crippen LogP) is 3.55. The number of piperidine rings is 1. The zero-order valence-electron chi connectivity index (χ0n) is 22.0. The number of para-hydroxylation sites is 1. The van der Waals surface area contributed by atoms with Crippen molar-refractivity contribution in [1.82, 2.24) is 20.5 Å². The Morgan fingerprint density at radius 3 is 2.42 bits per heavy atom. The molecule has 1 N–H and O–H groups in total. The molecule has 2 fully saturated rings. The zero-order chi connectivity index (χ0) is 27.3. The highest BCUT2D eigenvalue weighted by Gasteiger charge is 2.38. The van der Waals surface area contributed by atoms with Crippen LogP contribution in [-0.2, 0) is 21.2 Å². The van der Waals surface area contributed by atoms with Gasteiger partial charge in [-0.2, -0.15) is 0 Å². The molecule has 1 aliphatic carbocycles. The Bertz CT molecular complexity index is 1160. The fourth-order valence-corrected chi connectivity index (χ4v) is 7.30. The zero-order valence-corrected chi connectivity index (χ0v) is 22.8. The van der Waals surface area contributed by atoms with Gasteiger partial charge in [0.1, 0.15) is 11.4 Å². The third-order valence-corrected chi connectivity index (χ3v) is 9.61. The average Bonchev–Trinajstić information content (AvgIpc) is 3.28. The smallest absolute Gasteiger partial charge is 0.248 e. The van der Waals surface area contributed by atoms with Crippen molar-refractivity contribution in [3.05, 3.63) is 41.7 Å². The average molecular weight is 554 g/mol. The van der Waals surface area contributed by atoms with Crippen molar-refractivity contribution < 1.29 is 26.6 Å². The first-order chi connectivity index (χ1) is 18.0. The summed E-state index contributed by atoms with van der Waals surface area (Å²) in [4.78, 5) is 14.6. The summed E-state index contributed by atoms with van der Waals surface area (Å²) in [6.45, 7) is 5.45. The van der Waals surface area contributed by atoms with Crippen LogP contribution >= 0.6 is 0 Å². The fourth-order valence-electron chi connectivity index (χ4n) is 5.31. The number of carbonyl (C=O) groups excluding carboxylic acids is 1. The Labute approximate surface area is 223 Å². The molecule has 210 valence electrons. The van der Waals surface area contributed by atoms with Gasteiger partial charge in [-0.05, 0) is 57.6 Å². The van der Waals surface area contributed by atoms with Gasteiger partial charge in [-0.25, -0.2) is 21.8 Å². The molecule has 1 atom stereocenters. The van der Waals surface area contributed by atoms with Crippen LogP contribution in [0.1, 0.15) is 56.8 Å². The van der Waals surface area contributed by atoms with Crippen LogP contribution in [0.5, 0.6) is 0 Å². The van der Waals surface area contributed by atoms with Gasteiger partial charge in [-0.15, -0.1) is 0 Å². The molecule has 2 aliphatic rings. The highest BCUT2D eigenvalue weighted by molar-refractivity contribution is 7.92. The van der Waals surface area contributed by atoms with Crippen LogP contribution in [0.25, 0.3) is 0 Å². The number of benzene rings is 1. The molecule has 0 bridgehead atoms. The number of likely N-dealkylation sites (tertiary alicyclic amines) is 1. The lowest BCUT2D eigenvalue weighted by molar-refractivity contribution is -0.121. The maximum absolute atomic E-state index is 13.6. The lowest BCUT2D eigenvalue weighted by Gasteiger charge is -2.39. The number of halogens is 2. The number of sulfonamides is 1. The van der Waals surface area contributed by atoms with Gasteiger partial charge in [-0.1, -0.05) is 28.5 Å². The molecule has 9 nitrogen and oxygen atoms in total. The van der Waals surface area contributed by atoms with Gasteiger partial charge < -0.3 is 5.32 Å². The standard InChI is InChI=1S/C26H37F2N5O4S/c1-19(32-14-10-22(11-15-32)29-25(34)16-24-20(2)30-37-31-24)17-33(23-6-4-3-5-7-23)38(35,36)18-21-8-12-26(27,28)13-9-21/h3-7,19,21-22H,8-18H2,1-2H3,(H,29,34)/t19-/m1/s1. The van der Waals surface area contributed by atoms with Crippen LogP contribution in [0, 0.1) is 12.8 Å². The number of nitrogens with one attached hydrogen (secondary N) is 1. The summed E-state index contributed by atoms with van der Waals surface area (Å²) in [6.07, 6.45) is 1.55. The van der Waals surface area contributed by atoms with Crippen LogP contribution in [0.3, 0.4) is 0 Å². The van der Waals surface area contributed by atoms with Crippen molar-refractivity contribution in [2.45, 2.75) is 76.8 Å². The van der Waals surface area contributed by atoms with Gasteiger partial charge in [0.15, 0.2) is 0 Å². The van der Waals surface area contributed by atoms with E-state index >= 15 is 0 Å². The molecular weight excluding hydrogens is 516 g/mol. The second-order valence-corrected chi connectivity index (χ2v) is 12.6. The quantitative estimate of drug-likeness (QED) is 0.479. The summed E-state index contributed by atoms with van der Waals surface area (Å²) in [7, 11) is -3.72. The number of amides is 1. The van der Waals surface area contributed by atoms with E-state index in [0.717, 1.165) is 25.9 Å². The largest absolute Gasteiger partial charge is 0.353 e. The molecule has 38 heavy (non-hydrogen) atoms. The topological polar surface area (TPSA) is 109 Å². The first kappa shape index (κ1) is 28.4. The van der Waals surface area contributed by atoms with Gasteiger partial charge in [-0.3, -0.25) is 14.0 Å². The summed E-state index contributed by atoms with van der Waals surface area (Å²) in [5, 5.41) is 10.5. The summed E-state index contributed by atoms with van der Waals surface area (Å²) < 4.78 is 60.5. The normalized spacial score (nSPS) is 20.2. The number of alkyl halides is 2. The lowest BCUT2D eigenvalue weighted by Crippen LogP contribution is -2.51. The van der Waals surface area contributed by atoms with E-state index in [4.69, 9.17) is 0 Å². The summed E-state index contributed by atoms with van der Waals surface area (Å²) >= 11 is 0. The Hall–Kier alpha value is -2.60. The first-order valence-electron chi connectivity index (χ1n) is 13.3. The Balaban J connectivity index is 1.34. The van der Waals surface area contributed by atoms with E-state index < -0.39 is 15.9 Å². The SMILES string of the molecule is Cc1nonc1CC(=O)NC1CCN([C@H](C)CN(c2ccccc2)S(=O)(=O)CC2CCC(F)(F)CC2)CC1. The minimum absolute atomic E-state index is 0.0319. The van der Waals surface area contributed by atoms with E-state index in [0.29, 0.717) is 17.1 Å². The van der Waals surface area contributed by atoms with Crippen LogP contribution in [0.4, 0.5) is 14.5 Å². The van der Waals surface area contributed by atoms with E-state index in [1.165, 1.54) is 4.31 Å². The molecule has 2 heterocycles. The molecule has 1 saturated carbocycles. The third kappa shape index (κ3) is 7.49. The number of rotatable bonds is 10. The van der Waals surface area contributed by atoms with E-state index in [2.05, 4.69) is 25.2 Å². The van der Waals surface area contributed by atoms with Gasteiger partial charge in [0.05, 0.1) is 17.9 Å². The lowest BCUT2D eigenvalue weighted by atomic mass is 9.88. The molecule has 1 aromatic heterocycles. The second kappa shape index (κ2) is 12.1. The molecule has 2 aromatic rings. The number of hydrogen-bond donors (Lipinski definition) is 1. The van der Waals surface area contributed by atoms with Crippen molar-refractivity contribution >= 4 is 21.6 Å². The van der Waals surface area contributed by atoms with Crippen molar-refractivity contribution in [2.75, 3.05) is 29.7 Å². The van der Waals surface area contributed by atoms with Crippen molar-refractivity contribution in [3.63, 3.8) is 0 Å². The second-order valence-electron chi connectivity index (χ2n) is 10.6. The Morgan fingerprint density at radius 2 is 1.82 bits per heavy atom. The minimum atomic E-state index is -3.72. The van der Waals surface area contributed by atoms with Gasteiger partial charge in [0, 0.05) is 44.6 Å². The number of carbonyl (C=O) groups is 1. The molecule has 1 aliphatic heterocycles. The molecule has 12 heteroatoms. The molecule has 1 amide bonds. The predicted molar refractivity (Wildman–Crippen MR) is 139 cm³/mol. The fraction of sp³-hybridized carbons (Fsp3) is 0.654. The maximum atomic E-state index is 13.6. The molecule has 0 spiro atoms. The van der Waals surface area contributed by atoms with Gasteiger partial charge in [0.25, 0.3) is 0 Å². The number of hydrogen-bond acceptors (Lipinski definition) is 7. The van der Waals surface area contributed by atoms with E-state index in [1.54, 1.807) is 31.2 Å². The highest BCUT2D eigenvalue weighted by Crippen LogP contribution is 2.37. The number of nitrogens with zero attached hydrogens (tertiary/aromatic N) is 4. The summed E-state index contributed by atoms with van der Waals surface area (Å²) in [6, 6.07) is 8.94. The van der Waals surface area contributed by atoms with Crippen LogP contribution < -0.4 is 9.62 Å². The third-order valence-electron chi connectivity index (χ3n) is 7.69. The van der Waals surface area contributed by atoms with Crippen molar-refractivity contribution in [1.29, 1.82) is 0 Å². The van der Waals surface area contributed by atoms with E-state index in [9.17, 15) is 22.0 Å². The molecule has 0 radical (unpaired) electrons. The number of aromatic nitrogens is 2. The maximum Gasteiger partial charge on any atom is 0.248 e. The Morgan fingerprint density at radius 1 is 1.16 bits per heavy atom. The molecule has 4 rings (SSSR count). The van der Waals surface area contributed by atoms with Gasteiger partial charge in [0.2, 0.25) is 21.9 Å².